The number of carbonyl (C=O) groups excluding carboxylic acids is 1. The highest BCUT2D eigenvalue weighted by Crippen LogP contribution is 2.39. The van der Waals surface area contributed by atoms with Crippen molar-refractivity contribution < 1.29 is 19.4 Å². The maximum absolute atomic E-state index is 13.5. The second-order valence-electron chi connectivity index (χ2n) is 9.03. The van der Waals surface area contributed by atoms with E-state index in [0.717, 1.165) is 38.4 Å². The minimum Gasteiger partial charge on any atom is -0.486 e. The fourth-order valence-electron chi connectivity index (χ4n) is 4.85. The molecule has 0 saturated carbocycles. The molecule has 1 aliphatic heterocycles. The zero-order chi connectivity index (χ0) is 24.5. The Morgan fingerprint density at radius 3 is 2.61 bits per heavy atom. The zero-order valence-electron chi connectivity index (χ0n) is 19.7. The van der Waals surface area contributed by atoms with Crippen LogP contribution in [0.25, 0.3) is 32.8 Å². The highest BCUT2D eigenvalue weighted by Gasteiger charge is 2.25. The quantitative estimate of drug-likeness (QED) is 0.317. The van der Waals surface area contributed by atoms with Crippen molar-refractivity contribution >= 4 is 27.6 Å². The maximum atomic E-state index is 13.5. The SMILES string of the molecule is O=C(N[C@@H](CO)Cc1c[nH]c2ccccc12)c1cc(-c2ccc3ccccc3c2)cc2c1OCCO2. The van der Waals surface area contributed by atoms with Crippen LogP contribution in [0.1, 0.15) is 15.9 Å². The molecule has 1 atom stereocenters. The van der Waals surface area contributed by atoms with E-state index in [1.807, 2.05) is 60.8 Å². The first-order chi connectivity index (χ1) is 17.7. The van der Waals surface area contributed by atoms with Crippen LogP contribution >= 0.6 is 0 Å². The highest BCUT2D eigenvalue weighted by atomic mass is 16.6. The third-order valence-electron chi connectivity index (χ3n) is 6.67. The van der Waals surface area contributed by atoms with Crippen LogP contribution in [0, 0.1) is 0 Å². The molecule has 2 heterocycles. The van der Waals surface area contributed by atoms with Crippen LogP contribution < -0.4 is 14.8 Å². The number of H-pyrrole nitrogens is 1. The number of nitrogens with one attached hydrogen (secondary N) is 2. The van der Waals surface area contributed by atoms with Crippen LogP contribution in [-0.4, -0.2) is 41.9 Å². The maximum Gasteiger partial charge on any atom is 0.255 e. The first-order valence-electron chi connectivity index (χ1n) is 12.1. The van der Waals surface area contributed by atoms with E-state index in [-0.39, 0.29) is 12.5 Å². The lowest BCUT2D eigenvalue weighted by Crippen LogP contribution is -2.39. The summed E-state index contributed by atoms with van der Waals surface area (Å²) in [6, 6.07) is 25.7. The minimum atomic E-state index is -0.457. The number of hydrogen-bond acceptors (Lipinski definition) is 4. The molecule has 0 radical (unpaired) electrons. The second-order valence-corrected chi connectivity index (χ2v) is 9.03. The third kappa shape index (κ3) is 4.16. The molecule has 4 aromatic carbocycles. The van der Waals surface area contributed by atoms with Crippen molar-refractivity contribution in [1.82, 2.24) is 10.3 Å². The number of aromatic amines is 1. The van der Waals surface area contributed by atoms with E-state index in [0.29, 0.717) is 36.7 Å². The molecular weight excluding hydrogens is 452 g/mol. The number of ether oxygens (including phenoxy) is 2. The molecule has 0 bridgehead atoms. The molecule has 1 aliphatic rings. The summed E-state index contributed by atoms with van der Waals surface area (Å²) in [6.45, 7) is 0.617. The van der Waals surface area contributed by atoms with Crippen LogP contribution in [0.5, 0.6) is 11.5 Å². The lowest BCUT2D eigenvalue weighted by Gasteiger charge is -2.23. The lowest BCUT2D eigenvalue weighted by molar-refractivity contribution is 0.0906. The van der Waals surface area contributed by atoms with E-state index in [1.165, 1.54) is 0 Å². The van der Waals surface area contributed by atoms with Crippen LogP contribution in [-0.2, 0) is 6.42 Å². The van der Waals surface area contributed by atoms with Gasteiger partial charge in [-0.1, -0.05) is 54.6 Å². The summed E-state index contributed by atoms with van der Waals surface area (Å²) in [7, 11) is 0. The monoisotopic (exact) mass is 478 g/mol. The normalized spacial score (nSPS) is 13.6. The predicted octanol–water partition coefficient (Wildman–Crippen LogP) is 5.09. The van der Waals surface area contributed by atoms with Gasteiger partial charge in [0.2, 0.25) is 0 Å². The van der Waals surface area contributed by atoms with E-state index >= 15 is 0 Å². The average molecular weight is 479 g/mol. The van der Waals surface area contributed by atoms with Crippen molar-refractivity contribution in [3.63, 3.8) is 0 Å². The summed E-state index contributed by atoms with van der Waals surface area (Å²) in [5.41, 5.74) is 4.31. The number of aliphatic hydroxyl groups is 1. The Morgan fingerprint density at radius 1 is 0.917 bits per heavy atom. The van der Waals surface area contributed by atoms with E-state index in [2.05, 4.69) is 34.6 Å². The summed E-state index contributed by atoms with van der Waals surface area (Å²) in [4.78, 5) is 16.8. The minimum absolute atomic E-state index is 0.185. The summed E-state index contributed by atoms with van der Waals surface area (Å²) >= 11 is 0. The Hall–Kier alpha value is -4.29. The van der Waals surface area contributed by atoms with Gasteiger partial charge in [-0.25, -0.2) is 0 Å². The standard InChI is InChI=1S/C30H26N2O4/c33-18-24(14-23-17-31-27-8-4-3-7-25(23)27)32-30(34)26-15-22(16-28-29(26)36-12-11-35-28)21-10-9-19-5-1-2-6-20(19)13-21/h1-10,13,15-17,24,31,33H,11-12,14,18H2,(H,32,34)/t24-/m1/s1. The molecule has 6 nitrogen and oxygen atoms in total. The number of para-hydroxylation sites is 1. The van der Waals surface area contributed by atoms with Gasteiger partial charge < -0.3 is 24.9 Å². The molecule has 1 amide bonds. The Bertz CT molecular complexity index is 1570. The number of carbonyl (C=O) groups is 1. The van der Waals surface area contributed by atoms with Crippen molar-refractivity contribution in [1.29, 1.82) is 0 Å². The average Bonchev–Trinajstić information content (AvgIpc) is 3.34. The van der Waals surface area contributed by atoms with Crippen molar-refractivity contribution in [2.75, 3.05) is 19.8 Å². The molecule has 180 valence electrons. The Labute approximate surface area is 208 Å². The Morgan fingerprint density at radius 2 is 1.72 bits per heavy atom. The fourth-order valence-corrected chi connectivity index (χ4v) is 4.85. The summed E-state index contributed by atoms with van der Waals surface area (Å²) in [5, 5.41) is 16.4. The number of amides is 1. The number of rotatable bonds is 6. The van der Waals surface area contributed by atoms with Gasteiger partial charge in [0.25, 0.3) is 5.91 Å². The molecular formula is C30H26N2O4. The number of aliphatic hydroxyl groups excluding tert-OH is 1. The second kappa shape index (κ2) is 9.40. The van der Waals surface area contributed by atoms with Gasteiger partial charge in [-0.15, -0.1) is 0 Å². The first kappa shape index (κ1) is 22.2. The largest absolute Gasteiger partial charge is 0.486 e. The smallest absolute Gasteiger partial charge is 0.255 e. The topological polar surface area (TPSA) is 83.6 Å². The van der Waals surface area contributed by atoms with Crippen LogP contribution in [0.15, 0.2) is 85.1 Å². The highest BCUT2D eigenvalue weighted by molar-refractivity contribution is 6.00. The number of aromatic nitrogens is 1. The molecule has 0 saturated heterocycles. The van der Waals surface area contributed by atoms with Crippen molar-refractivity contribution in [2.45, 2.75) is 12.5 Å². The van der Waals surface area contributed by atoms with Gasteiger partial charge in [-0.2, -0.15) is 0 Å². The van der Waals surface area contributed by atoms with Gasteiger partial charge >= 0.3 is 0 Å². The third-order valence-corrected chi connectivity index (χ3v) is 6.67. The van der Waals surface area contributed by atoms with E-state index in [4.69, 9.17) is 9.47 Å². The van der Waals surface area contributed by atoms with Crippen LogP contribution in [0.3, 0.4) is 0 Å². The molecule has 0 aliphatic carbocycles. The lowest BCUT2D eigenvalue weighted by atomic mass is 9.98. The van der Waals surface area contributed by atoms with E-state index in [9.17, 15) is 9.90 Å². The molecule has 0 spiro atoms. The van der Waals surface area contributed by atoms with Gasteiger partial charge in [0.15, 0.2) is 11.5 Å². The summed E-state index contributed by atoms with van der Waals surface area (Å²) in [6.07, 6.45) is 2.43. The first-order valence-corrected chi connectivity index (χ1v) is 12.1. The number of hydrogen-bond donors (Lipinski definition) is 3. The van der Waals surface area contributed by atoms with Crippen LogP contribution in [0.2, 0.25) is 0 Å². The van der Waals surface area contributed by atoms with Crippen molar-refractivity contribution in [3.05, 3.63) is 96.2 Å². The number of fused-ring (bicyclic) bond motifs is 3. The van der Waals surface area contributed by atoms with Gasteiger partial charge in [0.05, 0.1) is 18.2 Å². The number of benzene rings is 4. The molecule has 6 rings (SSSR count). The van der Waals surface area contributed by atoms with Gasteiger partial charge in [0.1, 0.15) is 13.2 Å². The van der Waals surface area contributed by atoms with Crippen molar-refractivity contribution in [2.24, 2.45) is 0 Å². The molecule has 6 heteroatoms. The zero-order valence-corrected chi connectivity index (χ0v) is 19.7. The fraction of sp³-hybridized carbons (Fsp3) is 0.167. The van der Waals surface area contributed by atoms with Crippen LogP contribution in [0.4, 0.5) is 0 Å². The molecule has 0 fully saturated rings. The Kier molecular flexibility index (Phi) is 5.79. The van der Waals surface area contributed by atoms with Gasteiger partial charge in [-0.3, -0.25) is 4.79 Å². The van der Waals surface area contributed by atoms with Gasteiger partial charge in [-0.05, 0) is 58.1 Å². The van der Waals surface area contributed by atoms with E-state index in [1.54, 1.807) is 0 Å². The molecule has 5 aromatic rings. The van der Waals surface area contributed by atoms with E-state index < -0.39 is 6.04 Å². The molecule has 1 aromatic heterocycles. The summed E-state index contributed by atoms with van der Waals surface area (Å²) in [5.74, 6) is 0.680. The molecule has 0 unspecified atom stereocenters. The molecule has 3 N–H and O–H groups in total. The molecule has 36 heavy (non-hydrogen) atoms. The Balaban J connectivity index is 1.32. The summed E-state index contributed by atoms with van der Waals surface area (Å²) < 4.78 is 11.7. The van der Waals surface area contributed by atoms with Gasteiger partial charge in [0, 0.05) is 17.1 Å². The predicted molar refractivity (Wildman–Crippen MR) is 141 cm³/mol. The van der Waals surface area contributed by atoms with Crippen molar-refractivity contribution in [3.8, 4) is 22.6 Å².